The zero-order valence-corrected chi connectivity index (χ0v) is 18.6. The number of hydrogen-bond donors (Lipinski definition) is 1. The topological polar surface area (TPSA) is 75.5 Å². The zero-order chi connectivity index (χ0) is 21.6. The Bertz CT molecular complexity index is 824. The molecule has 1 unspecified atom stereocenters. The van der Waals surface area contributed by atoms with Crippen LogP contribution in [0.25, 0.3) is 0 Å². The second-order valence-corrected chi connectivity index (χ2v) is 10.8. The third-order valence-electron chi connectivity index (χ3n) is 8.73. The quantitative estimate of drug-likeness (QED) is 0.512. The molecule has 1 N–H and O–H groups in total. The molecule has 4 bridgehead atoms. The number of nitro groups is 1. The molecule has 5 fully saturated rings. The third kappa shape index (κ3) is 3.94. The number of benzene rings is 1. The largest absolute Gasteiger partial charge is 0.366 e. The average molecular weight is 426 g/mol. The van der Waals surface area contributed by atoms with E-state index in [0.717, 1.165) is 43.7 Å². The smallest absolute Gasteiger partial charge is 0.293 e. The van der Waals surface area contributed by atoms with Gasteiger partial charge >= 0.3 is 0 Å². The van der Waals surface area contributed by atoms with Gasteiger partial charge in [-0.2, -0.15) is 0 Å². The van der Waals surface area contributed by atoms with Crippen LogP contribution in [0.1, 0.15) is 81.5 Å². The lowest BCUT2D eigenvalue weighted by molar-refractivity contribution is -0.384. The number of nitrogens with zero attached hydrogens (tertiary/aromatic N) is 2. The molecule has 1 aromatic carbocycles. The molecule has 1 amide bonds. The van der Waals surface area contributed by atoms with Gasteiger partial charge in [0.05, 0.1) is 4.92 Å². The second-order valence-electron chi connectivity index (χ2n) is 10.8. The fourth-order valence-electron chi connectivity index (χ4n) is 7.53. The Balaban J connectivity index is 1.33. The first-order valence-electron chi connectivity index (χ1n) is 12.3. The van der Waals surface area contributed by atoms with Crippen LogP contribution >= 0.6 is 0 Å². The Kier molecular flexibility index (Phi) is 5.43. The number of amides is 1. The fourth-order valence-corrected chi connectivity index (χ4v) is 7.53. The Hall–Kier alpha value is -2.11. The predicted octanol–water partition coefficient (Wildman–Crippen LogP) is 5.31. The van der Waals surface area contributed by atoms with E-state index in [4.69, 9.17) is 0 Å². The van der Waals surface area contributed by atoms with Gasteiger partial charge in [0.25, 0.3) is 11.6 Å². The lowest BCUT2D eigenvalue weighted by atomic mass is 9.48. The summed E-state index contributed by atoms with van der Waals surface area (Å²) in [7, 11) is 0. The number of rotatable bonds is 5. The van der Waals surface area contributed by atoms with Gasteiger partial charge in [0, 0.05) is 30.8 Å². The molecule has 5 aliphatic rings. The highest BCUT2D eigenvalue weighted by Gasteiger charge is 2.53. The molecule has 0 spiro atoms. The molecule has 4 aliphatic carbocycles. The maximum Gasteiger partial charge on any atom is 0.293 e. The van der Waals surface area contributed by atoms with E-state index in [1.54, 1.807) is 12.1 Å². The predicted molar refractivity (Wildman–Crippen MR) is 121 cm³/mol. The summed E-state index contributed by atoms with van der Waals surface area (Å²) in [5.74, 6) is 2.33. The number of anilines is 1. The summed E-state index contributed by atoms with van der Waals surface area (Å²) in [6.45, 7) is 3.84. The van der Waals surface area contributed by atoms with Crippen molar-refractivity contribution in [3.63, 3.8) is 0 Å². The van der Waals surface area contributed by atoms with Crippen molar-refractivity contribution in [2.45, 2.75) is 77.2 Å². The lowest BCUT2D eigenvalue weighted by Crippen LogP contribution is -2.55. The van der Waals surface area contributed by atoms with Crippen LogP contribution in [-0.2, 0) is 0 Å². The normalized spacial score (nSPS) is 33.1. The Morgan fingerprint density at radius 1 is 1.06 bits per heavy atom. The van der Waals surface area contributed by atoms with Crippen molar-refractivity contribution in [1.29, 1.82) is 0 Å². The monoisotopic (exact) mass is 425 g/mol. The van der Waals surface area contributed by atoms with Gasteiger partial charge in [-0.1, -0.05) is 12.8 Å². The van der Waals surface area contributed by atoms with E-state index in [-0.39, 0.29) is 28.0 Å². The third-order valence-corrected chi connectivity index (χ3v) is 8.73. The Morgan fingerprint density at radius 2 is 1.65 bits per heavy atom. The fraction of sp³-hybridized carbons (Fsp3) is 0.720. The molecular weight excluding hydrogens is 390 g/mol. The molecule has 0 aromatic heterocycles. The molecule has 0 radical (unpaired) electrons. The van der Waals surface area contributed by atoms with Crippen molar-refractivity contribution in [2.24, 2.45) is 23.2 Å². The second kappa shape index (κ2) is 8.10. The minimum atomic E-state index is -0.334. The molecule has 31 heavy (non-hydrogen) atoms. The van der Waals surface area contributed by atoms with Crippen LogP contribution in [0.5, 0.6) is 0 Å². The van der Waals surface area contributed by atoms with Crippen LogP contribution < -0.4 is 10.2 Å². The molecule has 168 valence electrons. The Labute approximate surface area is 184 Å². The summed E-state index contributed by atoms with van der Waals surface area (Å²) >= 11 is 0. The van der Waals surface area contributed by atoms with Gasteiger partial charge in [0.15, 0.2) is 0 Å². The summed E-state index contributed by atoms with van der Waals surface area (Å²) in [4.78, 5) is 26.7. The van der Waals surface area contributed by atoms with Crippen LogP contribution in [0, 0.1) is 33.3 Å². The van der Waals surface area contributed by atoms with E-state index in [1.807, 2.05) is 0 Å². The van der Waals surface area contributed by atoms with Crippen molar-refractivity contribution < 1.29 is 9.72 Å². The van der Waals surface area contributed by atoms with Crippen molar-refractivity contribution in [3.05, 3.63) is 33.9 Å². The van der Waals surface area contributed by atoms with E-state index in [9.17, 15) is 14.9 Å². The number of nitro benzene ring substituents is 1. The lowest BCUT2D eigenvalue weighted by Gasteiger charge is -2.59. The summed E-state index contributed by atoms with van der Waals surface area (Å²) in [5, 5.41) is 15.1. The van der Waals surface area contributed by atoms with Crippen molar-refractivity contribution in [1.82, 2.24) is 5.32 Å². The molecule has 6 heteroatoms. The summed E-state index contributed by atoms with van der Waals surface area (Å²) in [5.41, 5.74) is 1.33. The van der Waals surface area contributed by atoms with Gasteiger partial charge in [0.1, 0.15) is 5.69 Å². The minimum absolute atomic E-state index is 0.0528. The molecule has 1 aromatic rings. The van der Waals surface area contributed by atoms with Gasteiger partial charge < -0.3 is 10.2 Å². The molecule has 6 nitrogen and oxygen atoms in total. The standard InChI is InChI=1S/C25H35N3O3/c1-17(25-14-18-10-19(15-25)12-20(11-18)16-25)26-24(29)21-6-7-22(23(13-21)28(30)31)27-8-4-2-3-5-9-27/h6-7,13,17-20H,2-5,8-12,14-16H2,1H3,(H,26,29). The van der Waals surface area contributed by atoms with E-state index in [0.29, 0.717) is 11.3 Å². The zero-order valence-electron chi connectivity index (χ0n) is 18.6. The van der Waals surface area contributed by atoms with Crippen molar-refractivity contribution in [3.8, 4) is 0 Å². The van der Waals surface area contributed by atoms with E-state index in [2.05, 4.69) is 17.1 Å². The van der Waals surface area contributed by atoms with Crippen molar-refractivity contribution in [2.75, 3.05) is 18.0 Å². The first-order valence-corrected chi connectivity index (χ1v) is 12.3. The van der Waals surface area contributed by atoms with Crippen LogP contribution in [0.4, 0.5) is 11.4 Å². The number of hydrogen-bond acceptors (Lipinski definition) is 4. The van der Waals surface area contributed by atoms with Crippen LogP contribution in [0.2, 0.25) is 0 Å². The first-order chi connectivity index (χ1) is 14.9. The molecule has 1 atom stereocenters. The molecule has 4 saturated carbocycles. The summed E-state index contributed by atoms with van der Waals surface area (Å²) in [6, 6.07) is 5.16. The van der Waals surface area contributed by atoms with E-state index in [1.165, 1.54) is 57.4 Å². The Morgan fingerprint density at radius 3 is 2.19 bits per heavy atom. The van der Waals surface area contributed by atoms with Crippen LogP contribution in [0.15, 0.2) is 18.2 Å². The number of carbonyl (C=O) groups is 1. The van der Waals surface area contributed by atoms with Crippen molar-refractivity contribution >= 4 is 17.3 Å². The number of carbonyl (C=O) groups excluding carboxylic acids is 1. The van der Waals surface area contributed by atoms with Gasteiger partial charge in [-0.25, -0.2) is 0 Å². The maximum absolute atomic E-state index is 13.1. The molecule has 1 heterocycles. The molecule has 1 saturated heterocycles. The highest BCUT2D eigenvalue weighted by molar-refractivity contribution is 5.96. The summed E-state index contributed by atoms with van der Waals surface area (Å²) < 4.78 is 0. The molecular formula is C25H35N3O3. The molecule has 6 rings (SSSR count). The maximum atomic E-state index is 13.1. The molecule has 1 aliphatic heterocycles. The van der Waals surface area contributed by atoms with Gasteiger partial charge in [0.2, 0.25) is 0 Å². The average Bonchev–Trinajstić information content (AvgIpc) is 3.01. The van der Waals surface area contributed by atoms with Crippen LogP contribution in [-0.4, -0.2) is 30.0 Å². The van der Waals surface area contributed by atoms with E-state index >= 15 is 0 Å². The van der Waals surface area contributed by atoms with Crippen LogP contribution in [0.3, 0.4) is 0 Å². The van der Waals surface area contributed by atoms with E-state index < -0.39 is 0 Å². The highest BCUT2D eigenvalue weighted by Crippen LogP contribution is 2.61. The number of nitrogens with one attached hydrogen (secondary N) is 1. The van der Waals surface area contributed by atoms with Gasteiger partial charge in [-0.05, 0) is 93.6 Å². The SMILES string of the molecule is CC(NC(=O)c1ccc(N2CCCCCC2)c([N+](=O)[O-])c1)C12CC3CC(CC(C3)C1)C2. The first kappa shape index (κ1) is 20.8. The highest BCUT2D eigenvalue weighted by atomic mass is 16.6. The van der Waals surface area contributed by atoms with Gasteiger partial charge in [-0.15, -0.1) is 0 Å². The summed E-state index contributed by atoms with van der Waals surface area (Å²) in [6.07, 6.45) is 12.3. The van der Waals surface area contributed by atoms with Gasteiger partial charge in [-0.3, -0.25) is 14.9 Å². The minimum Gasteiger partial charge on any atom is -0.366 e.